The van der Waals surface area contributed by atoms with Gasteiger partial charge in [-0.05, 0) is 56.7 Å². The average Bonchev–Trinajstić information content (AvgIpc) is 2.94. The summed E-state index contributed by atoms with van der Waals surface area (Å²) in [5, 5.41) is 0.570. The normalized spacial score (nSPS) is 15.3. The zero-order valence-electron chi connectivity index (χ0n) is 16.5. The van der Waals surface area contributed by atoms with Crippen molar-refractivity contribution in [2.45, 2.75) is 20.8 Å². The molecule has 7 heteroatoms. The van der Waals surface area contributed by atoms with Gasteiger partial charge in [0.2, 0.25) is 0 Å². The van der Waals surface area contributed by atoms with E-state index in [4.69, 9.17) is 33.3 Å². The molecule has 4 nitrogen and oxygen atoms in total. The molecule has 2 aromatic rings. The Balaban J connectivity index is 1.68. The van der Waals surface area contributed by atoms with Crippen molar-refractivity contribution in [2.24, 2.45) is 0 Å². The number of carbonyl (C=O) groups excluding carboxylic acids is 1. The number of ether oxygens (including phenoxy) is 2. The van der Waals surface area contributed by atoms with Gasteiger partial charge in [-0.25, -0.2) is 0 Å². The van der Waals surface area contributed by atoms with Gasteiger partial charge in [-0.1, -0.05) is 53.3 Å². The lowest BCUT2D eigenvalue weighted by atomic mass is 10.1. The summed E-state index contributed by atoms with van der Waals surface area (Å²) >= 11 is 12.7. The zero-order chi connectivity index (χ0) is 21.0. The lowest BCUT2D eigenvalue weighted by molar-refractivity contribution is -0.121. The van der Waals surface area contributed by atoms with Crippen LogP contribution in [-0.2, 0) is 4.79 Å². The third kappa shape index (κ3) is 5.32. The monoisotopic (exact) mass is 447 g/mol. The molecule has 1 fully saturated rings. The van der Waals surface area contributed by atoms with E-state index in [0.29, 0.717) is 39.8 Å². The third-order valence-corrected chi connectivity index (χ3v) is 5.99. The molecule has 0 aliphatic carbocycles. The van der Waals surface area contributed by atoms with Crippen molar-refractivity contribution in [1.29, 1.82) is 0 Å². The number of hydrogen-bond donors (Lipinski definition) is 0. The van der Waals surface area contributed by atoms with Crippen LogP contribution in [0.25, 0.3) is 6.08 Å². The molecule has 0 radical (unpaired) electrons. The van der Waals surface area contributed by atoms with E-state index >= 15 is 0 Å². The van der Waals surface area contributed by atoms with Crippen LogP contribution in [0.3, 0.4) is 0 Å². The lowest BCUT2D eigenvalue weighted by Gasteiger charge is -2.13. The second kappa shape index (κ2) is 9.65. The van der Waals surface area contributed by atoms with E-state index in [-0.39, 0.29) is 5.91 Å². The second-order valence-corrected chi connectivity index (χ2v) is 8.69. The lowest BCUT2D eigenvalue weighted by Crippen LogP contribution is -2.27. The van der Waals surface area contributed by atoms with Crippen LogP contribution in [0.1, 0.15) is 23.6 Å². The van der Waals surface area contributed by atoms with Crippen LogP contribution in [0, 0.1) is 13.8 Å². The summed E-state index contributed by atoms with van der Waals surface area (Å²) in [6.07, 6.45) is 1.78. The summed E-state index contributed by atoms with van der Waals surface area (Å²) in [6, 6.07) is 11.4. The van der Waals surface area contributed by atoms with Gasteiger partial charge in [-0.15, -0.1) is 0 Å². The first-order chi connectivity index (χ1) is 13.9. The van der Waals surface area contributed by atoms with E-state index in [9.17, 15) is 4.79 Å². The summed E-state index contributed by atoms with van der Waals surface area (Å²) in [7, 11) is 0. The highest BCUT2D eigenvalue weighted by atomic mass is 35.5. The molecule has 0 saturated carbocycles. The molecule has 29 heavy (non-hydrogen) atoms. The Bertz CT molecular complexity index is 975. The molecule has 0 N–H and O–H groups in total. The molecule has 0 aromatic heterocycles. The highest BCUT2D eigenvalue weighted by Gasteiger charge is 2.30. The van der Waals surface area contributed by atoms with Gasteiger partial charge in [0.05, 0.1) is 4.91 Å². The van der Waals surface area contributed by atoms with E-state index in [1.807, 2.05) is 26.0 Å². The van der Waals surface area contributed by atoms with Gasteiger partial charge in [-0.3, -0.25) is 9.69 Å². The molecule has 2 aromatic carbocycles. The number of hydrogen-bond acceptors (Lipinski definition) is 5. The largest absolute Gasteiger partial charge is 0.490 e. The van der Waals surface area contributed by atoms with E-state index in [1.54, 1.807) is 29.2 Å². The molecular formula is C22H22ClNO3S2. The third-order valence-electron chi connectivity index (χ3n) is 4.38. The highest BCUT2D eigenvalue weighted by Crippen LogP contribution is 2.34. The van der Waals surface area contributed by atoms with Crippen molar-refractivity contribution in [3.8, 4) is 11.5 Å². The van der Waals surface area contributed by atoms with E-state index in [0.717, 1.165) is 16.9 Å². The predicted octanol–water partition coefficient (Wildman–Crippen LogP) is 5.64. The van der Waals surface area contributed by atoms with Crippen LogP contribution in [0.2, 0.25) is 5.02 Å². The average molecular weight is 448 g/mol. The maximum atomic E-state index is 12.5. The Morgan fingerprint density at radius 3 is 2.45 bits per heavy atom. The van der Waals surface area contributed by atoms with E-state index in [1.165, 1.54) is 17.3 Å². The van der Waals surface area contributed by atoms with Crippen molar-refractivity contribution in [1.82, 2.24) is 4.90 Å². The number of thioether (sulfide) groups is 1. The summed E-state index contributed by atoms with van der Waals surface area (Å²) < 4.78 is 12.3. The number of likely N-dealkylation sites (N-methyl/N-ethyl adjacent to an activating group) is 1. The number of nitrogens with zero attached hydrogens (tertiary/aromatic N) is 1. The number of rotatable bonds is 7. The zero-order valence-corrected chi connectivity index (χ0v) is 18.9. The SMILES string of the molecule is CCN1C(=O)/C(=C/c2cc(Cl)ccc2OCCOc2ccc(C)cc2C)SC1=S. The highest BCUT2D eigenvalue weighted by molar-refractivity contribution is 8.26. The fourth-order valence-corrected chi connectivity index (χ4v) is 4.50. The minimum absolute atomic E-state index is 0.0911. The Hall–Kier alpha value is -2.02. The first kappa shape index (κ1) is 21.7. The fourth-order valence-electron chi connectivity index (χ4n) is 2.94. The van der Waals surface area contributed by atoms with Gasteiger partial charge < -0.3 is 9.47 Å². The van der Waals surface area contributed by atoms with Gasteiger partial charge >= 0.3 is 0 Å². The molecular weight excluding hydrogens is 426 g/mol. The van der Waals surface area contributed by atoms with Crippen LogP contribution < -0.4 is 9.47 Å². The van der Waals surface area contributed by atoms with Crippen LogP contribution in [0.4, 0.5) is 0 Å². The van der Waals surface area contributed by atoms with Gasteiger partial charge in [0.1, 0.15) is 29.0 Å². The first-order valence-electron chi connectivity index (χ1n) is 9.27. The summed E-state index contributed by atoms with van der Waals surface area (Å²) in [5.41, 5.74) is 3.03. The van der Waals surface area contributed by atoms with Crippen LogP contribution in [-0.4, -0.2) is 34.9 Å². The summed E-state index contributed by atoms with van der Waals surface area (Å²) in [5.74, 6) is 1.39. The van der Waals surface area contributed by atoms with Gasteiger partial charge in [0.25, 0.3) is 5.91 Å². The van der Waals surface area contributed by atoms with Crippen molar-refractivity contribution >= 4 is 51.9 Å². The number of thiocarbonyl (C=S) groups is 1. The smallest absolute Gasteiger partial charge is 0.266 e. The number of aryl methyl sites for hydroxylation is 2. The minimum atomic E-state index is -0.0911. The molecule has 3 rings (SSSR count). The van der Waals surface area contributed by atoms with Crippen molar-refractivity contribution in [2.75, 3.05) is 19.8 Å². The van der Waals surface area contributed by atoms with Crippen molar-refractivity contribution in [3.63, 3.8) is 0 Å². The van der Waals surface area contributed by atoms with Gasteiger partial charge in [0.15, 0.2) is 0 Å². The Kier molecular flexibility index (Phi) is 7.22. The predicted molar refractivity (Wildman–Crippen MR) is 124 cm³/mol. The quantitative estimate of drug-likeness (QED) is 0.312. The maximum absolute atomic E-state index is 12.5. The number of benzene rings is 2. The molecule has 1 heterocycles. The van der Waals surface area contributed by atoms with E-state index < -0.39 is 0 Å². The molecule has 0 atom stereocenters. The topological polar surface area (TPSA) is 38.8 Å². The van der Waals surface area contributed by atoms with Gasteiger partial charge in [-0.2, -0.15) is 0 Å². The molecule has 0 spiro atoms. The standard InChI is InChI=1S/C22H22ClNO3S2/c1-4-24-21(25)20(29-22(24)28)13-16-12-17(23)6-8-19(16)27-10-9-26-18-7-5-14(2)11-15(18)3/h5-8,11-13H,4,9-10H2,1-3H3/b20-13-. The Morgan fingerprint density at radius 2 is 1.79 bits per heavy atom. The van der Waals surface area contributed by atoms with Crippen LogP contribution >= 0.6 is 35.6 Å². The number of amides is 1. The number of carbonyl (C=O) groups is 1. The fraction of sp³-hybridized carbons (Fsp3) is 0.273. The van der Waals surface area contributed by atoms with Crippen LogP contribution in [0.5, 0.6) is 11.5 Å². The molecule has 152 valence electrons. The van der Waals surface area contributed by atoms with Gasteiger partial charge in [0, 0.05) is 17.1 Å². The molecule has 0 unspecified atom stereocenters. The summed E-state index contributed by atoms with van der Waals surface area (Å²) in [6.45, 7) is 7.30. The molecule has 1 saturated heterocycles. The molecule has 1 amide bonds. The minimum Gasteiger partial charge on any atom is -0.490 e. The van der Waals surface area contributed by atoms with Crippen molar-refractivity contribution < 1.29 is 14.3 Å². The molecule has 1 aliphatic heterocycles. The Labute approximate surface area is 185 Å². The number of halogens is 1. The maximum Gasteiger partial charge on any atom is 0.266 e. The first-order valence-corrected chi connectivity index (χ1v) is 10.9. The molecule has 0 bridgehead atoms. The van der Waals surface area contributed by atoms with E-state index in [2.05, 4.69) is 13.0 Å². The Morgan fingerprint density at radius 1 is 1.10 bits per heavy atom. The van der Waals surface area contributed by atoms with Crippen molar-refractivity contribution in [3.05, 3.63) is 63.0 Å². The molecule has 1 aliphatic rings. The second-order valence-electron chi connectivity index (χ2n) is 6.57. The van der Waals surface area contributed by atoms with Crippen LogP contribution in [0.15, 0.2) is 41.3 Å². The summed E-state index contributed by atoms with van der Waals surface area (Å²) in [4.78, 5) is 14.6.